The summed E-state index contributed by atoms with van der Waals surface area (Å²) in [5.41, 5.74) is 3.00. The highest BCUT2D eigenvalue weighted by Gasteiger charge is 2.36. The number of methoxy groups -OCH3 is 1. The molecule has 0 bridgehead atoms. The molecule has 0 aromatic heterocycles. The van der Waals surface area contributed by atoms with Crippen LogP contribution in [0, 0.1) is 5.92 Å². The molecule has 1 aliphatic heterocycles. The average molecular weight is 350 g/mol. The van der Waals surface area contributed by atoms with Gasteiger partial charge in [0.2, 0.25) is 0 Å². The third-order valence-electron chi connectivity index (χ3n) is 4.67. The Morgan fingerprint density at radius 1 is 1.28 bits per heavy atom. The zero-order valence-electron chi connectivity index (χ0n) is 16.7. The quantitative estimate of drug-likeness (QED) is 0.779. The Morgan fingerprint density at radius 2 is 1.96 bits per heavy atom. The number of rotatable bonds is 8. The van der Waals surface area contributed by atoms with Crippen LogP contribution in [0.1, 0.15) is 45.7 Å². The third kappa shape index (κ3) is 6.37. The van der Waals surface area contributed by atoms with E-state index in [9.17, 15) is 0 Å². The molecule has 1 saturated heterocycles. The predicted molar refractivity (Wildman–Crippen MR) is 102 cm³/mol. The third-order valence-corrected chi connectivity index (χ3v) is 4.67. The van der Waals surface area contributed by atoms with Gasteiger partial charge in [-0.3, -0.25) is 0 Å². The van der Waals surface area contributed by atoms with E-state index in [4.69, 9.17) is 14.2 Å². The van der Waals surface area contributed by atoms with Crippen molar-refractivity contribution in [2.45, 2.75) is 58.3 Å². The van der Waals surface area contributed by atoms with Crippen LogP contribution in [0.2, 0.25) is 0 Å². The summed E-state index contributed by atoms with van der Waals surface area (Å²) in [4.78, 5) is 0. The lowest BCUT2D eigenvalue weighted by Gasteiger charge is -2.22. The van der Waals surface area contributed by atoms with Crippen molar-refractivity contribution in [3.05, 3.63) is 35.4 Å². The molecule has 142 valence electrons. The van der Waals surface area contributed by atoms with Crippen LogP contribution < -0.4 is 5.32 Å². The Kier molecular flexibility index (Phi) is 7.03. The molecule has 1 aromatic carbocycles. The number of ether oxygens (including phenoxy) is 3. The molecule has 0 saturated carbocycles. The number of hydrogen-bond donors (Lipinski definition) is 1. The Labute approximate surface area is 153 Å². The topological polar surface area (TPSA) is 39.7 Å². The molecule has 25 heavy (non-hydrogen) atoms. The summed E-state index contributed by atoms with van der Waals surface area (Å²) in [6, 6.07) is 9.05. The molecule has 4 nitrogen and oxygen atoms in total. The molecular weight excluding hydrogens is 314 g/mol. The number of hydrogen-bond acceptors (Lipinski definition) is 4. The zero-order valence-corrected chi connectivity index (χ0v) is 16.7. The normalized spacial score (nSPS) is 25.3. The zero-order chi connectivity index (χ0) is 18.5. The monoisotopic (exact) mass is 349 g/mol. The molecule has 1 heterocycles. The molecule has 1 N–H and O–H groups in total. The molecule has 4 heteroatoms. The van der Waals surface area contributed by atoms with Gasteiger partial charge in [-0.2, -0.15) is 0 Å². The van der Waals surface area contributed by atoms with Crippen LogP contribution in [-0.4, -0.2) is 45.3 Å². The summed E-state index contributed by atoms with van der Waals surface area (Å²) >= 11 is 0. The van der Waals surface area contributed by atoms with Gasteiger partial charge in [0, 0.05) is 13.7 Å². The highest BCUT2D eigenvalue weighted by atomic mass is 16.8. The van der Waals surface area contributed by atoms with E-state index < -0.39 is 5.79 Å². The fraction of sp³-hybridized carbons (Fsp3) is 0.714. The molecule has 2 rings (SSSR count). The van der Waals surface area contributed by atoms with Gasteiger partial charge in [0.1, 0.15) is 0 Å². The molecule has 0 amide bonds. The van der Waals surface area contributed by atoms with Crippen LogP contribution in [0.4, 0.5) is 0 Å². The van der Waals surface area contributed by atoms with E-state index in [-0.39, 0.29) is 11.5 Å². The molecule has 0 aliphatic carbocycles. The van der Waals surface area contributed by atoms with E-state index in [2.05, 4.69) is 57.3 Å². The van der Waals surface area contributed by atoms with E-state index in [1.54, 1.807) is 7.11 Å². The highest BCUT2D eigenvalue weighted by Crippen LogP contribution is 2.24. The van der Waals surface area contributed by atoms with E-state index in [1.165, 1.54) is 11.1 Å². The second-order valence-electron chi connectivity index (χ2n) is 8.53. The maximum atomic E-state index is 5.92. The van der Waals surface area contributed by atoms with Gasteiger partial charge in [-0.1, -0.05) is 52.0 Å². The van der Waals surface area contributed by atoms with Crippen LogP contribution in [0.25, 0.3) is 0 Å². The van der Waals surface area contributed by atoms with Crippen molar-refractivity contribution in [2.24, 2.45) is 5.92 Å². The van der Waals surface area contributed by atoms with Gasteiger partial charge in [0.15, 0.2) is 5.79 Å². The first-order valence-corrected chi connectivity index (χ1v) is 9.33. The predicted octanol–water partition coefficient (Wildman–Crippen LogP) is 3.53. The maximum absolute atomic E-state index is 5.92. The van der Waals surface area contributed by atoms with Gasteiger partial charge >= 0.3 is 0 Å². The van der Waals surface area contributed by atoms with Crippen LogP contribution in [0.5, 0.6) is 0 Å². The summed E-state index contributed by atoms with van der Waals surface area (Å²) in [6.45, 7) is 13.8. The van der Waals surface area contributed by atoms with Gasteiger partial charge in [0.05, 0.1) is 19.3 Å². The molecule has 0 radical (unpaired) electrons. The lowest BCUT2D eigenvalue weighted by atomic mass is 9.86. The summed E-state index contributed by atoms with van der Waals surface area (Å²) in [6.07, 6.45) is 1.18. The van der Waals surface area contributed by atoms with E-state index in [0.29, 0.717) is 19.1 Å². The minimum atomic E-state index is -0.596. The van der Waals surface area contributed by atoms with E-state index in [0.717, 1.165) is 19.5 Å². The van der Waals surface area contributed by atoms with Crippen molar-refractivity contribution in [3.8, 4) is 0 Å². The minimum absolute atomic E-state index is 0.0958. The van der Waals surface area contributed by atoms with Crippen molar-refractivity contribution in [1.82, 2.24) is 5.32 Å². The molecule has 1 aromatic rings. The summed E-state index contributed by atoms with van der Waals surface area (Å²) in [5.74, 6) is -0.0187. The largest absolute Gasteiger partial charge is 0.379 e. The standard InChI is InChI=1S/C21H35NO3/c1-16(11-17-7-9-18(10-8-17)20(2,3)4)12-22-13-19-14-24-21(5,25-19)15-23-6/h7-10,16,19,22H,11-15H2,1-6H3. The minimum Gasteiger partial charge on any atom is -0.379 e. The Balaban J connectivity index is 1.70. The Morgan fingerprint density at radius 3 is 2.56 bits per heavy atom. The van der Waals surface area contributed by atoms with Crippen LogP contribution in [-0.2, 0) is 26.0 Å². The molecular formula is C21H35NO3. The smallest absolute Gasteiger partial charge is 0.189 e. The van der Waals surface area contributed by atoms with Crippen molar-refractivity contribution in [2.75, 3.05) is 33.4 Å². The molecule has 1 aliphatic rings. The summed E-state index contributed by atoms with van der Waals surface area (Å²) < 4.78 is 16.8. The van der Waals surface area contributed by atoms with Gasteiger partial charge in [-0.25, -0.2) is 0 Å². The van der Waals surface area contributed by atoms with Crippen LogP contribution >= 0.6 is 0 Å². The second-order valence-corrected chi connectivity index (χ2v) is 8.53. The SMILES string of the molecule is COCC1(C)OCC(CNCC(C)Cc2ccc(C(C)(C)C)cc2)O1. The fourth-order valence-electron chi connectivity index (χ4n) is 3.23. The average Bonchev–Trinajstić information content (AvgIpc) is 2.88. The molecule has 3 unspecified atom stereocenters. The Hall–Kier alpha value is -0.940. The van der Waals surface area contributed by atoms with Crippen molar-refractivity contribution in [3.63, 3.8) is 0 Å². The first-order chi connectivity index (χ1) is 11.7. The lowest BCUT2D eigenvalue weighted by molar-refractivity contribution is -0.183. The maximum Gasteiger partial charge on any atom is 0.189 e. The van der Waals surface area contributed by atoms with E-state index >= 15 is 0 Å². The lowest BCUT2D eigenvalue weighted by Crippen LogP contribution is -2.36. The molecule has 1 fully saturated rings. The molecule has 3 atom stereocenters. The number of benzene rings is 1. The first-order valence-electron chi connectivity index (χ1n) is 9.33. The summed E-state index contributed by atoms with van der Waals surface area (Å²) in [5, 5.41) is 3.52. The number of nitrogens with one attached hydrogen (secondary N) is 1. The van der Waals surface area contributed by atoms with Crippen LogP contribution in [0.15, 0.2) is 24.3 Å². The fourth-order valence-corrected chi connectivity index (χ4v) is 3.23. The highest BCUT2D eigenvalue weighted by molar-refractivity contribution is 5.27. The van der Waals surface area contributed by atoms with Gasteiger partial charge in [-0.05, 0) is 42.3 Å². The van der Waals surface area contributed by atoms with Gasteiger partial charge < -0.3 is 19.5 Å². The van der Waals surface area contributed by atoms with Gasteiger partial charge in [0.25, 0.3) is 0 Å². The molecule has 0 spiro atoms. The first kappa shape index (κ1) is 20.4. The van der Waals surface area contributed by atoms with Crippen molar-refractivity contribution >= 4 is 0 Å². The van der Waals surface area contributed by atoms with Crippen molar-refractivity contribution in [1.29, 1.82) is 0 Å². The van der Waals surface area contributed by atoms with Crippen LogP contribution in [0.3, 0.4) is 0 Å². The van der Waals surface area contributed by atoms with Crippen molar-refractivity contribution < 1.29 is 14.2 Å². The summed E-state index contributed by atoms with van der Waals surface area (Å²) in [7, 11) is 1.67. The van der Waals surface area contributed by atoms with E-state index in [1.807, 2.05) is 6.92 Å². The second kappa shape index (κ2) is 8.63. The van der Waals surface area contributed by atoms with Gasteiger partial charge in [-0.15, -0.1) is 0 Å². The Bertz CT molecular complexity index is 523.